The van der Waals surface area contributed by atoms with Gasteiger partial charge in [0.1, 0.15) is 5.75 Å². The minimum Gasteiger partial charge on any atom is -0.427 e. The van der Waals surface area contributed by atoms with E-state index in [0.29, 0.717) is 48.4 Å². The number of aliphatic hydroxyl groups excluding tert-OH is 3. The predicted octanol–water partition coefficient (Wildman–Crippen LogP) is 6.02. The van der Waals surface area contributed by atoms with Crippen molar-refractivity contribution in [2.45, 2.75) is 81.3 Å². The zero-order chi connectivity index (χ0) is 30.4. The Morgan fingerprint density at radius 1 is 0.860 bits per heavy atom. The predicted molar refractivity (Wildman–Crippen MR) is 171 cm³/mol. The molecule has 0 aliphatic heterocycles. The van der Waals surface area contributed by atoms with Crippen LogP contribution in [-0.4, -0.2) is 56.5 Å². The van der Waals surface area contributed by atoms with E-state index in [1.807, 2.05) is 24.3 Å². The molecular formula is C35H43NO6S. The summed E-state index contributed by atoms with van der Waals surface area (Å²) >= 11 is 1.58. The molecule has 1 aliphatic carbocycles. The summed E-state index contributed by atoms with van der Waals surface area (Å²) in [6.45, 7) is 0. The van der Waals surface area contributed by atoms with Crippen LogP contribution in [0.5, 0.6) is 5.75 Å². The normalized spacial score (nSPS) is 20.4. The number of carbonyl (C=O) groups is 2. The number of esters is 1. The molecule has 1 amide bonds. The highest BCUT2D eigenvalue weighted by Crippen LogP contribution is 2.39. The minimum absolute atomic E-state index is 0.00624. The maximum Gasteiger partial charge on any atom is 0.311 e. The Kier molecular flexibility index (Phi) is 13.1. The smallest absolute Gasteiger partial charge is 0.311 e. The lowest BCUT2D eigenvalue weighted by Gasteiger charge is -2.24. The number of hydrogen-bond donors (Lipinski definition) is 4. The van der Waals surface area contributed by atoms with Crippen LogP contribution in [0.2, 0.25) is 0 Å². The molecule has 4 rings (SSSR count). The zero-order valence-electron chi connectivity index (χ0n) is 24.5. The van der Waals surface area contributed by atoms with Gasteiger partial charge in [-0.2, -0.15) is 11.8 Å². The summed E-state index contributed by atoms with van der Waals surface area (Å²) in [6, 6.07) is 25.8. The van der Waals surface area contributed by atoms with Crippen LogP contribution >= 0.6 is 11.8 Å². The van der Waals surface area contributed by atoms with Crippen LogP contribution in [0.1, 0.15) is 67.3 Å². The van der Waals surface area contributed by atoms with Crippen molar-refractivity contribution in [3.05, 3.63) is 96.1 Å². The Morgan fingerprint density at radius 3 is 2.26 bits per heavy atom. The number of unbranched alkanes of at least 4 members (excludes halogenated alkanes) is 3. The largest absolute Gasteiger partial charge is 0.427 e. The number of anilines is 1. The standard InChI is InChI=1S/C35H43NO6S/c37-28(20-17-25-11-5-3-6-12-25)24-43-34-30(31(38)23-32(34)39)15-9-1-2-10-16-33(40)42-29-21-18-27(19-22-29)36-35(41)26-13-7-4-8-14-26/h3-8,11-14,18-19,21-22,28,30-32,34,37-39H,1-2,9-10,15-17,20,23-24H2,(H,36,41)/t28?,30-,31?,32+,34+/m0/s1. The lowest BCUT2D eigenvalue weighted by Crippen LogP contribution is -2.27. The fourth-order valence-electron chi connectivity index (χ4n) is 5.52. The molecule has 2 unspecified atom stereocenters. The highest BCUT2D eigenvalue weighted by molar-refractivity contribution is 8.00. The van der Waals surface area contributed by atoms with Gasteiger partial charge in [0.05, 0.1) is 18.3 Å². The fourth-order valence-corrected chi connectivity index (χ4v) is 7.03. The summed E-state index contributed by atoms with van der Waals surface area (Å²) < 4.78 is 5.44. The number of thioether (sulfide) groups is 1. The van der Waals surface area contributed by atoms with E-state index in [0.717, 1.165) is 32.1 Å². The molecule has 4 N–H and O–H groups in total. The Hall–Kier alpha value is -3.17. The summed E-state index contributed by atoms with van der Waals surface area (Å²) in [5, 5.41) is 34.3. The van der Waals surface area contributed by atoms with E-state index in [1.54, 1.807) is 60.3 Å². The lowest BCUT2D eigenvalue weighted by molar-refractivity contribution is -0.134. The molecule has 0 bridgehead atoms. The van der Waals surface area contributed by atoms with Crippen molar-refractivity contribution in [3.8, 4) is 5.75 Å². The number of aliphatic hydroxyl groups is 3. The number of aryl methyl sites for hydroxylation is 1. The molecule has 7 nitrogen and oxygen atoms in total. The van der Waals surface area contributed by atoms with Crippen molar-refractivity contribution in [1.82, 2.24) is 0 Å². The third-order valence-corrected chi connectivity index (χ3v) is 9.54. The molecule has 0 spiro atoms. The maximum atomic E-state index is 12.3. The second kappa shape index (κ2) is 17.2. The van der Waals surface area contributed by atoms with Crippen LogP contribution in [0.4, 0.5) is 5.69 Å². The molecule has 1 saturated carbocycles. The first-order valence-electron chi connectivity index (χ1n) is 15.3. The van der Waals surface area contributed by atoms with E-state index >= 15 is 0 Å². The first-order valence-corrected chi connectivity index (χ1v) is 16.3. The SMILES string of the molecule is O=C(CCCCCC[C@H]1C(O)C[C@@H](O)[C@@H]1SCC(O)CCc1ccccc1)Oc1ccc(NC(=O)c2ccccc2)cc1. The molecule has 43 heavy (non-hydrogen) atoms. The Bertz CT molecular complexity index is 1260. The van der Waals surface area contributed by atoms with Gasteiger partial charge >= 0.3 is 5.97 Å². The van der Waals surface area contributed by atoms with Crippen LogP contribution in [0.15, 0.2) is 84.9 Å². The van der Waals surface area contributed by atoms with Gasteiger partial charge < -0.3 is 25.4 Å². The number of benzene rings is 3. The summed E-state index contributed by atoms with van der Waals surface area (Å²) in [5.74, 6) is 0.492. The van der Waals surface area contributed by atoms with E-state index < -0.39 is 18.3 Å². The third kappa shape index (κ3) is 10.8. The van der Waals surface area contributed by atoms with Crippen LogP contribution in [0.3, 0.4) is 0 Å². The van der Waals surface area contributed by atoms with E-state index in [-0.39, 0.29) is 23.0 Å². The molecular weight excluding hydrogens is 562 g/mol. The highest BCUT2D eigenvalue weighted by Gasteiger charge is 2.41. The van der Waals surface area contributed by atoms with Crippen molar-refractivity contribution in [2.24, 2.45) is 5.92 Å². The van der Waals surface area contributed by atoms with Gasteiger partial charge in [0.15, 0.2) is 0 Å². The monoisotopic (exact) mass is 605 g/mol. The molecule has 0 saturated heterocycles. The Labute approximate surface area is 258 Å². The second-order valence-corrected chi connectivity index (χ2v) is 12.5. The number of carbonyl (C=O) groups excluding carboxylic acids is 2. The summed E-state index contributed by atoms with van der Waals surface area (Å²) in [6.07, 6.45) is 4.90. The number of hydrogen-bond acceptors (Lipinski definition) is 7. The second-order valence-electron chi connectivity index (χ2n) is 11.3. The van der Waals surface area contributed by atoms with Gasteiger partial charge in [0, 0.05) is 35.1 Å². The first-order chi connectivity index (χ1) is 20.9. The van der Waals surface area contributed by atoms with Crippen molar-refractivity contribution in [1.29, 1.82) is 0 Å². The van der Waals surface area contributed by atoms with Crippen molar-refractivity contribution in [3.63, 3.8) is 0 Å². The van der Waals surface area contributed by atoms with Gasteiger partial charge in [-0.05, 0) is 73.6 Å². The average Bonchev–Trinajstić information content (AvgIpc) is 3.29. The number of rotatable bonds is 16. The topological polar surface area (TPSA) is 116 Å². The maximum absolute atomic E-state index is 12.3. The molecule has 0 radical (unpaired) electrons. The number of amides is 1. The van der Waals surface area contributed by atoms with Crippen LogP contribution in [-0.2, 0) is 11.2 Å². The van der Waals surface area contributed by atoms with E-state index in [2.05, 4.69) is 17.4 Å². The van der Waals surface area contributed by atoms with Gasteiger partial charge in [-0.3, -0.25) is 9.59 Å². The Morgan fingerprint density at radius 2 is 1.53 bits per heavy atom. The lowest BCUT2D eigenvalue weighted by atomic mass is 9.97. The van der Waals surface area contributed by atoms with E-state index in [9.17, 15) is 24.9 Å². The van der Waals surface area contributed by atoms with E-state index in [4.69, 9.17) is 4.74 Å². The quantitative estimate of drug-likeness (QED) is 0.0896. The van der Waals surface area contributed by atoms with Gasteiger partial charge in [0.25, 0.3) is 5.91 Å². The van der Waals surface area contributed by atoms with Crippen molar-refractivity contribution in [2.75, 3.05) is 11.1 Å². The minimum atomic E-state index is -0.560. The fraction of sp³-hybridized carbons (Fsp3) is 0.429. The van der Waals surface area contributed by atoms with Crippen molar-refractivity contribution >= 4 is 29.3 Å². The van der Waals surface area contributed by atoms with Crippen LogP contribution in [0, 0.1) is 5.92 Å². The zero-order valence-corrected chi connectivity index (χ0v) is 25.3. The number of ether oxygens (including phenoxy) is 1. The van der Waals surface area contributed by atoms with Gasteiger partial charge in [-0.1, -0.05) is 67.8 Å². The van der Waals surface area contributed by atoms with Gasteiger partial charge in [-0.15, -0.1) is 0 Å². The third-order valence-electron chi connectivity index (χ3n) is 7.92. The average molecular weight is 606 g/mol. The summed E-state index contributed by atoms with van der Waals surface area (Å²) in [5.41, 5.74) is 2.39. The summed E-state index contributed by atoms with van der Waals surface area (Å²) in [7, 11) is 0. The van der Waals surface area contributed by atoms with Gasteiger partial charge in [0.2, 0.25) is 0 Å². The van der Waals surface area contributed by atoms with Crippen LogP contribution < -0.4 is 10.1 Å². The molecule has 230 valence electrons. The van der Waals surface area contributed by atoms with Gasteiger partial charge in [-0.25, -0.2) is 0 Å². The number of nitrogens with one attached hydrogen (secondary N) is 1. The molecule has 5 atom stereocenters. The molecule has 8 heteroatoms. The van der Waals surface area contributed by atoms with E-state index in [1.165, 1.54) is 5.56 Å². The molecule has 0 aromatic heterocycles. The van der Waals surface area contributed by atoms with Crippen molar-refractivity contribution < 1.29 is 29.6 Å². The summed E-state index contributed by atoms with van der Waals surface area (Å²) in [4.78, 5) is 24.6. The molecule has 1 aliphatic rings. The van der Waals surface area contributed by atoms with Crippen LogP contribution in [0.25, 0.3) is 0 Å². The Balaban J connectivity index is 1.09. The highest BCUT2D eigenvalue weighted by atomic mass is 32.2. The molecule has 0 heterocycles. The molecule has 1 fully saturated rings. The molecule has 3 aromatic carbocycles. The molecule has 3 aromatic rings. The first kappa shape index (κ1) is 32.7.